The zero-order chi connectivity index (χ0) is 15.7. The maximum absolute atomic E-state index is 13.4. The summed E-state index contributed by atoms with van der Waals surface area (Å²) in [4.78, 5) is 16.7. The summed E-state index contributed by atoms with van der Waals surface area (Å²) < 4.78 is 18.6. The monoisotopic (exact) mass is 306 g/mol. The van der Waals surface area contributed by atoms with Gasteiger partial charge in [-0.15, -0.1) is 0 Å². The number of halogens is 1. The Hall–Kier alpha value is -2.51. The highest BCUT2D eigenvalue weighted by atomic mass is 19.1. The molecule has 1 aromatic carbocycles. The Morgan fingerprint density at radius 2 is 2.14 bits per heavy atom. The Balaban J connectivity index is 1.76. The molecule has 0 amide bonds. The van der Waals surface area contributed by atoms with E-state index in [1.165, 1.54) is 12.1 Å². The van der Waals surface area contributed by atoms with Gasteiger partial charge in [-0.25, -0.2) is 4.39 Å². The number of anilines is 1. The summed E-state index contributed by atoms with van der Waals surface area (Å²) in [5.41, 5.74) is 0.249. The van der Waals surface area contributed by atoms with Gasteiger partial charge in [-0.05, 0) is 25.8 Å². The minimum absolute atomic E-state index is 0.0755. The van der Waals surface area contributed by atoms with Crippen LogP contribution in [0.5, 0.6) is 0 Å². The molecule has 7 nitrogen and oxygen atoms in total. The summed E-state index contributed by atoms with van der Waals surface area (Å²) in [5, 5.41) is 14.9. The van der Waals surface area contributed by atoms with Crippen molar-refractivity contribution in [2.75, 3.05) is 18.0 Å². The number of aryl methyl sites for hydroxylation is 1. The molecule has 3 rings (SSSR count). The van der Waals surface area contributed by atoms with Crippen molar-refractivity contribution >= 4 is 11.4 Å². The Bertz CT molecular complexity index is 695. The van der Waals surface area contributed by atoms with E-state index in [1.807, 2.05) is 4.90 Å². The first-order valence-corrected chi connectivity index (χ1v) is 7.03. The first-order chi connectivity index (χ1) is 10.5. The van der Waals surface area contributed by atoms with Gasteiger partial charge < -0.3 is 9.42 Å². The zero-order valence-electron chi connectivity index (χ0n) is 12.0. The first-order valence-electron chi connectivity index (χ1n) is 7.03. The molecule has 0 aliphatic carbocycles. The third-order valence-corrected chi connectivity index (χ3v) is 3.86. The molecular formula is C14H15FN4O3. The second kappa shape index (κ2) is 5.70. The number of benzene rings is 1. The van der Waals surface area contributed by atoms with Gasteiger partial charge in [-0.2, -0.15) is 4.98 Å². The van der Waals surface area contributed by atoms with Gasteiger partial charge in [-0.3, -0.25) is 10.1 Å². The first kappa shape index (κ1) is 14.4. The molecule has 0 bridgehead atoms. The van der Waals surface area contributed by atoms with Crippen LogP contribution in [0.1, 0.15) is 30.5 Å². The minimum Gasteiger partial charge on any atom is -0.366 e. The molecule has 0 radical (unpaired) electrons. The zero-order valence-corrected chi connectivity index (χ0v) is 12.0. The maximum Gasteiger partial charge on any atom is 0.292 e. The van der Waals surface area contributed by atoms with Crippen LogP contribution in [-0.2, 0) is 0 Å². The molecule has 0 atom stereocenters. The standard InChI is InChI=1S/C14H15FN4O3/c1-9-16-14(22-17-9)10-4-6-18(7-5-10)13-8-11(15)2-3-12(13)19(20)21/h2-3,8,10H,4-7H2,1H3. The van der Waals surface area contributed by atoms with E-state index >= 15 is 0 Å². The Kier molecular flexibility index (Phi) is 3.74. The van der Waals surface area contributed by atoms with Crippen molar-refractivity contribution in [3.63, 3.8) is 0 Å². The summed E-state index contributed by atoms with van der Waals surface area (Å²) >= 11 is 0. The van der Waals surface area contributed by atoms with E-state index in [-0.39, 0.29) is 11.6 Å². The minimum atomic E-state index is -0.484. The molecule has 0 spiro atoms. The van der Waals surface area contributed by atoms with E-state index in [0.717, 1.165) is 18.9 Å². The van der Waals surface area contributed by atoms with Crippen LogP contribution in [0.3, 0.4) is 0 Å². The fraction of sp³-hybridized carbons (Fsp3) is 0.429. The molecule has 116 valence electrons. The van der Waals surface area contributed by atoms with E-state index in [1.54, 1.807) is 6.92 Å². The van der Waals surface area contributed by atoms with Gasteiger partial charge in [0.1, 0.15) is 11.5 Å². The molecule has 1 aliphatic heterocycles. The van der Waals surface area contributed by atoms with Gasteiger partial charge in [0.2, 0.25) is 5.89 Å². The van der Waals surface area contributed by atoms with E-state index in [4.69, 9.17) is 4.52 Å². The number of aromatic nitrogens is 2. The molecule has 0 saturated carbocycles. The van der Waals surface area contributed by atoms with Crippen molar-refractivity contribution in [1.29, 1.82) is 0 Å². The molecule has 22 heavy (non-hydrogen) atoms. The van der Waals surface area contributed by atoms with Crippen molar-refractivity contribution in [3.8, 4) is 0 Å². The quantitative estimate of drug-likeness (QED) is 0.640. The van der Waals surface area contributed by atoms with Gasteiger partial charge in [0.15, 0.2) is 5.82 Å². The number of rotatable bonds is 3. The van der Waals surface area contributed by atoms with E-state index in [9.17, 15) is 14.5 Å². The largest absolute Gasteiger partial charge is 0.366 e. The lowest BCUT2D eigenvalue weighted by atomic mass is 9.96. The summed E-state index contributed by atoms with van der Waals surface area (Å²) in [6.07, 6.45) is 1.46. The lowest BCUT2D eigenvalue weighted by Gasteiger charge is -2.31. The Morgan fingerprint density at radius 3 is 2.73 bits per heavy atom. The molecule has 0 N–H and O–H groups in total. The molecule has 1 aromatic heterocycles. The molecule has 2 heterocycles. The van der Waals surface area contributed by atoms with Gasteiger partial charge in [-0.1, -0.05) is 5.16 Å². The van der Waals surface area contributed by atoms with Crippen LogP contribution in [0.4, 0.5) is 15.8 Å². The van der Waals surface area contributed by atoms with Crippen LogP contribution in [-0.4, -0.2) is 28.2 Å². The third-order valence-electron chi connectivity index (χ3n) is 3.86. The average molecular weight is 306 g/mol. The second-order valence-electron chi connectivity index (χ2n) is 5.33. The topological polar surface area (TPSA) is 85.3 Å². The van der Waals surface area contributed by atoms with Crippen molar-refractivity contribution in [2.45, 2.75) is 25.7 Å². The SMILES string of the molecule is Cc1noc(C2CCN(c3cc(F)ccc3[N+](=O)[O-])CC2)n1. The summed E-state index contributed by atoms with van der Waals surface area (Å²) in [7, 11) is 0. The molecule has 2 aromatic rings. The number of hydrogen-bond donors (Lipinski definition) is 0. The van der Waals surface area contributed by atoms with Crippen molar-refractivity contribution in [1.82, 2.24) is 10.1 Å². The van der Waals surface area contributed by atoms with Crippen LogP contribution < -0.4 is 4.90 Å². The molecular weight excluding hydrogens is 291 g/mol. The molecule has 1 aliphatic rings. The number of piperidine rings is 1. The number of nitro benzene ring substituents is 1. The maximum atomic E-state index is 13.4. The number of nitrogens with zero attached hydrogens (tertiary/aromatic N) is 4. The second-order valence-corrected chi connectivity index (χ2v) is 5.33. The average Bonchev–Trinajstić information content (AvgIpc) is 2.93. The van der Waals surface area contributed by atoms with Crippen molar-refractivity contribution < 1.29 is 13.8 Å². The lowest BCUT2D eigenvalue weighted by Crippen LogP contribution is -2.33. The lowest BCUT2D eigenvalue weighted by molar-refractivity contribution is -0.384. The number of hydrogen-bond acceptors (Lipinski definition) is 6. The summed E-state index contributed by atoms with van der Waals surface area (Å²) in [5.74, 6) is 0.865. The van der Waals surface area contributed by atoms with Crippen LogP contribution >= 0.6 is 0 Å². The van der Waals surface area contributed by atoms with E-state index in [0.29, 0.717) is 30.5 Å². The van der Waals surface area contributed by atoms with Gasteiger partial charge in [0.05, 0.1) is 4.92 Å². The van der Waals surface area contributed by atoms with Crippen LogP contribution in [0, 0.1) is 22.9 Å². The Morgan fingerprint density at radius 1 is 1.41 bits per heavy atom. The highest BCUT2D eigenvalue weighted by Gasteiger charge is 2.28. The van der Waals surface area contributed by atoms with Gasteiger partial charge in [0.25, 0.3) is 5.69 Å². The smallest absolute Gasteiger partial charge is 0.292 e. The number of nitro groups is 1. The van der Waals surface area contributed by atoms with Crippen LogP contribution in [0.15, 0.2) is 22.7 Å². The predicted molar refractivity (Wildman–Crippen MR) is 76.3 cm³/mol. The molecule has 1 saturated heterocycles. The third kappa shape index (κ3) is 2.76. The van der Waals surface area contributed by atoms with Gasteiger partial charge >= 0.3 is 0 Å². The summed E-state index contributed by atoms with van der Waals surface area (Å²) in [6.45, 7) is 2.92. The highest BCUT2D eigenvalue weighted by molar-refractivity contribution is 5.63. The van der Waals surface area contributed by atoms with Gasteiger partial charge in [0, 0.05) is 31.1 Å². The normalized spacial score (nSPS) is 16.0. The van der Waals surface area contributed by atoms with Crippen LogP contribution in [0.2, 0.25) is 0 Å². The fourth-order valence-electron chi connectivity index (χ4n) is 2.75. The van der Waals surface area contributed by atoms with Crippen molar-refractivity contribution in [3.05, 3.63) is 45.8 Å². The van der Waals surface area contributed by atoms with E-state index < -0.39 is 10.7 Å². The molecule has 8 heteroatoms. The molecule has 1 fully saturated rings. The summed E-state index contributed by atoms with van der Waals surface area (Å²) in [6, 6.07) is 3.53. The van der Waals surface area contributed by atoms with Crippen LogP contribution in [0.25, 0.3) is 0 Å². The Labute approximate surface area is 125 Å². The highest BCUT2D eigenvalue weighted by Crippen LogP contribution is 2.34. The van der Waals surface area contributed by atoms with E-state index in [2.05, 4.69) is 10.1 Å². The van der Waals surface area contributed by atoms with Crippen molar-refractivity contribution in [2.24, 2.45) is 0 Å². The molecule has 0 unspecified atom stereocenters. The fourth-order valence-corrected chi connectivity index (χ4v) is 2.75. The predicted octanol–water partition coefficient (Wildman–Crippen LogP) is 2.81.